The van der Waals surface area contributed by atoms with Crippen LogP contribution in [0, 0.1) is 12.7 Å². The van der Waals surface area contributed by atoms with Gasteiger partial charge in [0.05, 0.1) is 5.69 Å². The third kappa shape index (κ3) is 5.54. The van der Waals surface area contributed by atoms with Gasteiger partial charge in [-0.2, -0.15) is 0 Å². The Morgan fingerprint density at radius 1 is 0.781 bits per heavy atom. The highest BCUT2D eigenvalue weighted by atomic mass is 19.1. The number of hydrogen-bond acceptors (Lipinski definition) is 6. The first-order valence-electron chi connectivity index (χ1n) is 9.78. The molecule has 0 bridgehead atoms. The van der Waals surface area contributed by atoms with Gasteiger partial charge in [0.2, 0.25) is 0 Å². The summed E-state index contributed by atoms with van der Waals surface area (Å²) in [5, 5.41) is 11.5. The predicted molar refractivity (Wildman–Crippen MR) is 123 cm³/mol. The van der Waals surface area contributed by atoms with Crippen LogP contribution in [0.3, 0.4) is 0 Å². The zero-order valence-corrected chi connectivity index (χ0v) is 17.1. The Hall–Kier alpha value is -4.53. The maximum absolute atomic E-state index is 13.7. The van der Waals surface area contributed by atoms with Crippen molar-refractivity contribution in [1.82, 2.24) is 15.0 Å². The Morgan fingerprint density at radius 3 is 2.19 bits per heavy atom. The van der Waals surface area contributed by atoms with Crippen LogP contribution in [0.1, 0.15) is 5.82 Å². The summed E-state index contributed by atoms with van der Waals surface area (Å²) in [5.74, 6) is 1.99. The van der Waals surface area contributed by atoms with Gasteiger partial charge in [-0.05, 0) is 55.5 Å². The van der Waals surface area contributed by atoms with Gasteiger partial charge in [0, 0.05) is 23.6 Å². The van der Waals surface area contributed by atoms with Gasteiger partial charge in [0.1, 0.15) is 29.1 Å². The standard InChI is InChI=1S/C23H20FN7O/c1-15-26-21(14-22(27-15)31-20-8-4-5-13-25-20)28-16-9-11-17(12-10-16)29-23(32)30-19-7-3-2-6-18(19)24/h2-14H,1H3,(H2,29,30,32)(H2,25,26,27,28,31). The summed E-state index contributed by atoms with van der Waals surface area (Å²) in [7, 11) is 0. The van der Waals surface area contributed by atoms with Crippen LogP contribution in [0.5, 0.6) is 0 Å². The highest BCUT2D eigenvalue weighted by Gasteiger charge is 2.07. The molecular formula is C23H20FN7O. The first-order chi connectivity index (χ1) is 15.5. The van der Waals surface area contributed by atoms with Gasteiger partial charge < -0.3 is 21.3 Å². The van der Waals surface area contributed by atoms with Crippen molar-refractivity contribution in [2.45, 2.75) is 6.92 Å². The molecule has 0 fully saturated rings. The molecule has 4 aromatic rings. The molecule has 32 heavy (non-hydrogen) atoms. The zero-order valence-electron chi connectivity index (χ0n) is 17.1. The SMILES string of the molecule is Cc1nc(Nc2ccc(NC(=O)Nc3ccccc3F)cc2)cc(Nc2ccccn2)n1. The number of amides is 2. The third-order valence-corrected chi connectivity index (χ3v) is 4.30. The molecular weight excluding hydrogens is 409 g/mol. The number of nitrogens with one attached hydrogen (secondary N) is 4. The van der Waals surface area contributed by atoms with Gasteiger partial charge >= 0.3 is 6.03 Å². The maximum atomic E-state index is 13.7. The van der Waals surface area contributed by atoms with Crippen molar-refractivity contribution >= 4 is 40.5 Å². The number of anilines is 6. The summed E-state index contributed by atoms with van der Waals surface area (Å²) in [6.07, 6.45) is 1.70. The molecule has 9 heteroatoms. The van der Waals surface area contributed by atoms with Crippen LogP contribution in [-0.2, 0) is 0 Å². The summed E-state index contributed by atoms with van der Waals surface area (Å²) < 4.78 is 13.7. The molecule has 0 unspecified atom stereocenters. The molecule has 0 radical (unpaired) electrons. The van der Waals surface area contributed by atoms with Crippen LogP contribution in [0.25, 0.3) is 0 Å². The average Bonchev–Trinajstić information content (AvgIpc) is 2.77. The number of hydrogen-bond donors (Lipinski definition) is 4. The fourth-order valence-corrected chi connectivity index (χ4v) is 2.90. The van der Waals surface area contributed by atoms with Crippen LogP contribution >= 0.6 is 0 Å². The number of benzene rings is 2. The average molecular weight is 429 g/mol. The van der Waals surface area contributed by atoms with E-state index in [1.54, 1.807) is 55.6 Å². The molecule has 0 aliphatic heterocycles. The molecule has 0 saturated carbocycles. The summed E-state index contributed by atoms with van der Waals surface area (Å²) in [6, 6.07) is 19.8. The minimum atomic E-state index is -0.535. The van der Waals surface area contributed by atoms with Crippen LogP contribution < -0.4 is 21.3 Å². The summed E-state index contributed by atoms with van der Waals surface area (Å²) in [4.78, 5) is 25.1. The zero-order chi connectivity index (χ0) is 22.3. The van der Waals surface area contributed by atoms with E-state index in [1.165, 1.54) is 12.1 Å². The van der Waals surface area contributed by atoms with Gasteiger partial charge in [-0.15, -0.1) is 0 Å². The summed E-state index contributed by atoms with van der Waals surface area (Å²) in [6.45, 7) is 1.80. The van der Waals surface area contributed by atoms with E-state index in [-0.39, 0.29) is 5.69 Å². The lowest BCUT2D eigenvalue weighted by molar-refractivity contribution is 0.262. The second-order valence-electron chi connectivity index (χ2n) is 6.79. The third-order valence-electron chi connectivity index (χ3n) is 4.30. The minimum absolute atomic E-state index is 0.109. The van der Waals surface area contributed by atoms with E-state index < -0.39 is 11.8 Å². The van der Waals surface area contributed by atoms with E-state index in [1.807, 2.05) is 18.2 Å². The second kappa shape index (κ2) is 9.52. The highest BCUT2D eigenvalue weighted by Crippen LogP contribution is 2.21. The lowest BCUT2D eigenvalue weighted by Gasteiger charge is -2.11. The molecule has 0 spiro atoms. The van der Waals surface area contributed by atoms with Crippen molar-refractivity contribution in [3.63, 3.8) is 0 Å². The number of aryl methyl sites for hydroxylation is 1. The van der Waals surface area contributed by atoms with E-state index in [2.05, 4.69) is 36.2 Å². The number of carbonyl (C=O) groups excluding carboxylic acids is 1. The molecule has 4 rings (SSSR count). The number of para-hydroxylation sites is 1. The number of carbonyl (C=O) groups is 1. The number of halogens is 1. The first kappa shape index (κ1) is 20.7. The Morgan fingerprint density at radius 2 is 1.47 bits per heavy atom. The van der Waals surface area contributed by atoms with Crippen LogP contribution in [0.2, 0.25) is 0 Å². The van der Waals surface area contributed by atoms with E-state index in [4.69, 9.17) is 0 Å². The second-order valence-corrected chi connectivity index (χ2v) is 6.79. The number of pyridine rings is 1. The summed E-state index contributed by atoms with van der Waals surface area (Å²) >= 11 is 0. The van der Waals surface area contributed by atoms with Crippen molar-refractivity contribution in [2.24, 2.45) is 0 Å². The first-order valence-corrected chi connectivity index (χ1v) is 9.78. The van der Waals surface area contributed by atoms with E-state index in [0.29, 0.717) is 29.0 Å². The fraction of sp³-hybridized carbons (Fsp3) is 0.0435. The van der Waals surface area contributed by atoms with E-state index >= 15 is 0 Å². The lowest BCUT2D eigenvalue weighted by Crippen LogP contribution is -2.20. The molecule has 2 heterocycles. The number of nitrogens with zero attached hydrogens (tertiary/aromatic N) is 3. The normalized spacial score (nSPS) is 10.3. The molecule has 2 aromatic carbocycles. The molecule has 0 saturated heterocycles. The molecule has 2 aromatic heterocycles. The van der Waals surface area contributed by atoms with Crippen molar-refractivity contribution in [2.75, 3.05) is 21.3 Å². The van der Waals surface area contributed by atoms with Crippen molar-refractivity contribution in [3.05, 3.63) is 90.6 Å². The Kier molecular flexibility index (Phi) is 6.17. The van der Waals surface area contributed by atoms with E-state index in [0.717, 1.165) is 5.69 Å². The lowest BCUT2D eigenvalue weighted by atomic mass is 10.2. The largest absolute Gasteiger partial charge is 0.340 e. The molecule has 2 amide bonds. The minimum Gasteiger partial charge on any atom is -0.340 e. The monoisotopic (exact) mass is 429 g/mol. The molecule has 4 N–H and O–H groups in total. The smallest absolute Gasteiger partial charge is 0.323 e. The van der Waals surface area contributed by atoms with Gasteiger partial charge in [0.25, 0.3) is 0 Å². The quantitative estimate of drug-likeness (QED) is 0.325. The van der Waals surface area contributed by atoms with Crippen LogP contribution in [0.15, 0.2) is 79.0 Å². The molecule has 0 atom stereocenters. The van der Waals surface area contributed by atoms with Gasteiger partial charge in [-0.25, -0.2) is 24.1 Å². The van der Waals surface area contributed by atoms with Crippen molar-refractivity contribution < 1.29 is 9.18 Å². The highest BCUT2D eigenvalue weighted by molar-refractivity contribution is 5.99. The van der Waals surface area contributed by atoms with Gasteiger partial charge in [-0.3, -0.25) is 0 Å². The van der Waals surface area contributed by atoms with Gasteiger partial charge in [-0.1, -0.05) is 18.2 Å². The van der Waals surface area contributed by atoms with Crippen LogP contribution in [0.4, 0.5) is 43.7 Å². The fourth-order valence-electron chi connectivity index (χ4n) is 2.90. The number of aromatic nitrogens is 3. The number of urea groups is 1. The molecule has 0 aliphatic rings. The van der Waals surface area contributed by atoms with E-state index in [9.17, 15) is 9.18 Å². The van der Waals surface area contributed by atoms with Crippen molar-refractivity contribution in [3.8, 4) is 0 Å². The Balaban J connectivity index is 1.39. The Labute approximate surface area is 184 Å². The number of rotatable bonds is 6. The van der Waals surface area contributed by atoms with Crippen molar-refractivity contribution in [1.29, 1.82) is 0 Å². The topological polar surface area (TPSA) is 104 Å². The maximum Gasteiger partial charge on any atom is 0.323 e. The van der Waals surface area contributed by atoms with Gasteiger partial charge in [0.15, 0.2) is 0 Å². The molecule has 160 valence electrons. The molecule has 0 aliphatic carbocycles. The molecule has 8 nitrogen and oxygen atoms in total. The van der Waals surface area contributed by atoms with Crippen LogP contribution in [-0.4, -0.2) is 21.0 Å². The summed E-state index contributed by atoms with van der Waals surface area (Å²) in [5.41, 5.74) is 1.44. The Bertz CT molecular complexity index is 1220. The predicted octanol–water partition coefficient (Wildman–Crippen LogP) is 5.45.